The lowest BCUT2D eigenvalue weighted by Crippen LogP contribution is -2.40. The van der Waals surface area contributed by atoms with E-state index in [0.29, 0.717) is 146 Å². The first-order chi connectivity index (χ1) is 68.6. The average Bonchev–Trinajstić information content (AvgIpc) is 1.63. The van der Waals surface area contributed by atoms with Gasteiger partial charge in [-0.3, -0.25) is 101 Å². The number of fused-ring (bicyclic) bond motifs is 2. The van der Waals surface area contributed by atoms with Gasteiger partial charge in [0.15, 0.2) is 17.3 Å². The number of aryl methyl sites for hydroxylation is 4. The van der Waals surface area contributed by atoms with Gasteiger partial charge in [-0.25, -0.2) is 14.8 Å². The van der Waals surface area contributed by atoms with Crippen LogP contribution in [0.25, 0.3) is 22.1 Å². The largest absolute Gasteiger partial charge is 0.494 e. The molecule has 0 bridgehead atoms. The quantitative estimate of drug-likeness (QED) is 0.00867. The van der Waals surface area contributed by atoms with Gasteiger partial charge in [0, 0.05) is 139 Å². The molecule has 2 atom stereocenters. The number of carbonyl (C=O) groups excluding carboxylic acids is 16. The van der Waals surface area contributed by atoms with Crippen molar-refractivity contribution in [2.75, 3.05) is 195 Å². The number of allylic oxidation sites excluding steroid dienone is 2. The van der Waals surface area contributed by atoms with Crippen molar-refractivity contribution in [3.63, 3.8) is 0 Å². The number of aromatic nitrogens is 8. The van der Waals surface area contributed by atoms with Gasteiger partial charge in [-0.05, 0) is 90.3 Å². The van der Waals surface area contributed by atoms with Crippen LogP contribution in [-0.2, 0) is 146 Å². The van der Waals surface area contributed by atoms with Crippen molar-refractivity contribution in [1.82, 2.24) is 64.8 Å². The minimum atomic E-state index is -4.07. The molecule has 49 nitrogen and oxygen atoms in total. The highest BCUT2D eigenvalue weighted by atomic mass is 32.2. The Labute approximate surface area is 825 Å². The van der Waals surface area contributed by atoms with Crippen LogP contribution in [-0.4, -0.2) is 341 Å². The molecule has 0 spiro atoms. The van der Waals surface area contributed by atoms with Gasteiger partial charge in [-0.15, -0.1) is 0 Å². The van der Waals surface area contributed by atoms with Crippen molar-refractivity contribution in [3.05, 3.63) is 94.6 Å². The summed E-state index contributed by atoms with van der Waals surface area (Å²) in [5, 5.41) is 24.6. The van der Waals surface area contributed by atoms with Crippen molar-refractivity contribution < 1.29 is 151 Å². The number of esters is 1. The number of imide groups is 1. The van der Waals surface area contributed by atoms with Crippen LogP contribution in [0.5, 0.6) is 11.5 Å². The number of ketones is 5. The second-order valence-electron chi connectivity index (χ2n) is 32.4. The molecule has 4 aromatic heterocycles. The summed E-state index contributed by atoms with van der Waals surface area (Å²) in [6.07, 6.45) is 4.48. The van der Waals surface area contributed by atoms with E-state index in [-0.39, 0.29) is 218 Å². The Morgan fingerprint density at radius 3 is 1.41 bits per heavy atom. The van der Waals surface area contributed by atoms with Crippen molar-refractivity contribution in [2.45, 2.75) is 157 Å². The first kappa shape index (κ1) is 117. The Hall–Kier alpha value is -12.9. The molecule has 1 aliphatic heterocycles. The minimum absolute atomic E-state index is 0.00102. The van der Waals surface area contributed by atoms with Crippen LogP contribution in [0.1, 0.15) is 164 Å². The molecule has 10 amide bonds. The van der Waals surface area contributed by atoms with E-state index in [4.69, 9.17) is 82.6 Å². The molecule has 2 aromatic carbocycles. The Balaban J connectivity index is 0.723. The van der Waals surface area contributed by atoms with Crippen LogP contribution < -0.4 is 52.8 Å². The third-order valence-corrected chi connectivity index (χ3v) is 22.0. The number of hydrogen-bond donors (Lipinski definition) is 9. The lowest BCUT2D eigenvalue weighted by Gasteiger charge is -2.18. The summed E-state index contributed by atoms with van der Waals surface area (Å²) in [7, 11) is -2.66. The second kappa shape index (κ2) is 63.9. The summed E-state index contributed by atoms with van der Waals surface area (Å²) in [6.45, 7) is 13.0. The number of nitrogens with zero attached hydrogens (tertiary/aromatic N) is 9. The molecule has 5 heterocycles. The summed E-state index contributed by atoms with van der Waals surface area (Å²) < 4.78 is 109. The summed E-state index contributed by atoms with van der Waals surface area (Å²) in [6, 6.07) is 7.97. The summed E-state index contributed by atoms with van der Waals surface area (Å²) in [5.41, 5.74) is 14.6. The Morgan fingerprint density at radius 1 is 0.469 bits per heavy atom. The molecule has 143 heavy (non-hydrogen) atoms. The molecule has 0 unspecified atom stereocenters. The molecule has 0 saturated carbocycles. The zero-order valence-electron chi connectivity index (χ0n) is 81.4. The van der Waals surface area contributed by atoms with E-state index in [1.807, 2.05) is 13.8 Å². The Bertz CT molecular complexity index is 5450. The number of anilines is 2. The monoisotopic (exact) mass is 2030 g/mol. The highest BCUT2D eigenvalue weighted by Crippen LogP contribution is 2.34. The SMILES string of the molecule is CCn1nc(C)cc1C(=O)Nc1nc2cc(C(N)=O)cc(OC)c2n1C/C=C/Cn1c(NC(=O)c2cc(C)nn2CC)nc2cc(C(N)=O)cc(OCCCOC(=O)[C@H](C)NC(=O)CCOCCOCCNC(=O)CC[C@H](CC(=O)CN3C(=O)C=CC3=O)C(=O)NCC(=O)CCC(=O)NCC(=O)CCC(=O)CCCOCCOCCOCCOCCOCCOCCOCCOCCC(=O)CCCS(=O)(=O)O)c21. The molecule has 11 N–H and O–H groups in total. The molecular formula is C93H131N17O32S. The van der Waals surface area contributed by atoms with Crippen molar-refractivity contribution in [1.29, 1.82) is 0 Å². The molecule has 50 heteroatoms. The van der Waals surface area contributed by atoms with Crippen LogP contribution in [0.3, 0.4) is 0 Å². The maximum absolute atomic E-state index is 14.1. The van der Waals surface area contributed by atoms with Crippen LogP contribution in [0.2, 0.25) is 0 Å². The van der Waals surface area contributed by atoms with Gasteiger partial charge >= 0.3 is 5.97 Å². The van der Waals surface area contributed by atoms with Gasteiger partial charge < -0.3 is 103 Å². The van der Waals surface area contributed by atoms with E-state index < -0.39 is 130 Å². The average molecular weight is 2030 g/mol. The minimum Gasteiger partial charge on any atom is -0.494 e. The standard InChI is InChI=1S/C93H131N17O32S/c1-7-109-75(52-62(3)104-109)89(124)102-92-100-73-55-66(86(94)121)57-77(130-6)84(73)106(92)27-9-10-28-107-85-74(101-93(107)103-90(125)76-53-63(4)105-110(76)8-2)56-67(87(95)122)58-78(85)141-30-13-31-142-91(126)64(5)99-81(118)25-33-133-36-38-134-34-26-96-79(116)20-16-65(54-72(115)61-108-82(119)22-23-83(108)120)88(123)98-60-71(114)19-21-80(117)97-59-70(113)18-17-68(111)14-11-29-131-35-39-135-41-43-137-45-47-139-49-50-140-48-46-138-44-42-136-40-37-132-32-24-69(112)15-12-51-143(127,128)129/h9-10,22-23,52-53,55-58,64-65H,7-8,11-21,24-51,54,59-61H2,1-6H3,(H2,94,121)(H2,95,122)(H,96,116)(H,97,117)(H,98,123)(H,99,118)(H,100,102,124)(H,101,103,125)(H,127,128,129)/b10-9+/t64-,65+/m0/s1. The van der Waals surface area contributed by atoms with Gasteiger partial charge in [0.05, 0.1) is 194 Å². The second-order valence-corrected chi connectivity index (χ2v) is 34.0. The molecule has 0 radical (unpaired) electrons. The Morgan fingerprint density at radius 2 is 0.909 bits per heavy atom. The van der Waals surface area contributed by atoms with E-state index in [0.717, 1.165) is 12.2 Å². The molecule has 0 fully saturated rings. The third kappa shape index (κ3) is 43.5. The molecular weight excluding hydrogens is 1900 g/mol. The lowest BCUT2D eigenvalue weighted by atomic mass is 9.95. The summed E-state index contributed by atoms with van der Waals surface area (Å²) >= 11 is 0. The van der Waals surface area contributed by atoms with Crippen LogP contribution in [0, 0.1) is 19.8 Å². The summed E-state index contributed by atoms with van der Waals surface area (Å²) in [4.78, 5) is 215. The molecule has 0 aliphatic carbocycles. The fraction of sp³-hybridized carbons (Fsp3) is 0.570. The number of benzene rings is 2. The van der Waals surface area contributed by atoms with E-state index in [1.54, 1.807) is 51.9 Å². The number of imidazole rings is 2. The fourth-order valence-corrected chi connectivity index (χ4v) is 14.4. The highest BCUT2D eigenvalue weighted by molar-refractivity contribution is 7.85. The number of ether oxygens (including phenoxy) is 13. The number of carbonyl (C=O) groups is 16. The zero-order valence-corrected chi connectivity index (χ0v) is 82.3. The van der Waals surface area contributed by atoms with Crippen molar-refractivity contribution in [3.8, 4) is 11.5 Å². The molecule has 0 saturated heterocycles. The third-order valence-electron chi connectivity index (χ3n) is 21.2. The summed E-state index contributed by atoms with van der Waals surface area (Å²) in [5.74, 6) is -10.5. The number of methoxy groups -OCH3 is 1. The van der Waals surface area contributed by atoms with E-state index >= 15 is 0 Å². The number of rotatable bonds is 79. The van der Waals surface area contributed by atoms with Crippen molar-refractivity contribution >= 4 is 138 Å². The fourth-order valence-electron chi connectivity index (χ4n) is 13.9. The smallest absolute Gasteiger partial charge is 0.328 e. The molecule has 1 aliphatic rings. The topological polar surface area (TPSA) is 646 Å². The Kier molecular flexibility index (Phi) is 52.3. The van der Waals surface area contributed by atoms with E-state index in [9.17, 15) is 85.1 Å². The van der Waals surface area contributed by atoms with Gasteiger partial charge in [0.2, 0.25) is 47.3 Å². The van der Waals surface area contributed by atoms with Crippen molar-refractivity contribution in [2.24, 2.45) is 17.4 Å². The van der Waals surface area contributed by atoms with Crippen LogP contribution in [0.15, 0.2) is 60.7 Å². The highest BCUT2D eigenvalue weighted by Gasteiger charge is 2.31. The van der Waals surface area contributed by atoms with E-state index in [2.05, 4.69) is 47.1 Å². The van der Waals surface area contributed by atoms with E-state index in [1.165, 1.54) is 43.0 Å². The number of nitrogens with one attached hydrogen (secondary N) is 6. The molecule has 786 valence electrons. The van der Waals surface area contributed by atoms with Gasteiger partial charge in [-0.1, -0.05) is 12.2 Å². The molecule has 6 aromatic rings. The van der Waals surface area contributed by atoms with Crippen LogP contribution >= 0.6 is 0 Å². The predicted octanol–water partition coefficient (Wildman–Crippen LogP) is 2.08. The maximum Gasteiger partial charge on any atom is 0.328 e. The first-order valence-corrected chi connectivity index (χ1v) is 48.6. The van der Waals surface area contributed by atoms with Gasteiger partial charge in [0.1, 0.15) is 51.5 Å². The van der Waals surface area contributed by atoms with Gasteiger partial charge in [0.25, 0.3) is 33.7 Å². The zero-order chi connectivity index (χ0) is 104. The number of Topliss-reactive ketones (excluding diaryl/α,β-unsaturated/α-hetero) is 5. The van der Waals surface area contributed by atoms with Gasteiger partial charge in [-0.2, -0.15) is 18.6 Å². The lowest BCUT2D eigenvalue weighted by molar-refractivity contribution is -0.147. The number of amides is 10. The first-order valence-electron chi connectivity index (χ1n) is 47.0. The van der Waals surface area contributed by atoms with Crippen LogP contribution in [0.4, 0.5) is 11.9 Å². The number of primary amides is 2. The predicted molar refractivity (Wildman–Crippen MR) is 510 cm³/mol. The normalized spacial score (nSPS) is 12.4. The number of nitrogens with two attached hydrogens (primary N) is 2. The molecule has 7 rings (SSSR count). The number of hydrogen-bond acceptors (Lipinski definition) is 35. The maximum atomic E-state index is 14.1.